The minimum absolute atomic E-state index is 0.0592. The van der Waals surface area contributed by atoms with Gasteiger partial charge in [0.2, 0.25) is 5.91 Å². The van der Waals surface area contributed by atoms with Crippen molar-refractivity contribution in [1.82, 2.24) is 10.2 Å². The summed E-state index contributed by atoms with van der Waals surface area (Å²) in [7, 11) is 0. The minimum Gasteiger partial charge on any atom is -0.459 e. The first-order chi connectivity index (χ1) is 22.6. The van der Waals surface area contributed by atoms with Crippen molar-refractivity contribution < 1.29 is 33.4 Å². The van der Waals surface area contributed by atoms with Gasteiger partial charge in [0.05, 0.1) is 11.7 Å². The minimum atomic E-state index is -0.669. The zero-order chi connectivity index (χ0) is 33.8. The second-order valence-corrected chi connectivity index (χ2v) is 13.8. The van der Waals surface area contributed by atoms with Crippen molar-refractivity contribution in [2.45, 2.75) is 89.2 Å². The fraction of sp³-hybridized carbons (Fsp3) is 0.528. The monoisotopic (exact) mass is 665 g/mol. The number of rotatable bonds is 13. The standard InChI is InChI=1S/C36H47N3O7S/c1-5-44-32(37-29-25-47-31-16-10-9-15-30(31)39(34(29)42)22-33(41)46-36(2,3)4)17-11-14-28(23-40)27-18-20-38(21-19-27)35(43)45-24-26-12-7-6-8-13-26/h6-10,12-13,15-16,27,29,32,37H,5,11,14,17-22,24-25H2,1-4H3/t29-,32+/m0/s1. The van der Waals surface area contributed by atoms with Crippen LogP contribution in [0.25, 0.3) is 0 Å². The summed E-state index contributed by atoms with van der Waals surface area (Å²) in [6, 6.07) is 16.5. The highest BCUT2D eigenvalue weighted by Crippen LogP contribution is 2.35. The van der Waals surface area contributed by atoms with Gasteiger partial charge in [-0.1, -0.05) is 42.5 Å². The molecule has 4 rings (SSSR count). The predicted octanol–water partition coefficient (Wildman–Crippen LogP) is 5.76. The van der Waals surface area contributed by atoms with Crippen LogP contribution in [-0.2, 0) is 35.2 Å². The number of hydrogen-bond donors (Lipinski definition) is 1. The molecule has 2 aliphatic rings. The van der Waals surface area contributed by atoms with Crippen molar-refractivity contribution in [2.75, 3.05) is 36.9 Å². The average Bonchev–Trinajstić information content (AvgIpc) is 3.18. The van der Waals surface area contributed by atoms with E-state index in [9.17, 15) is 19.2 Å². The number of carbonyl (C=O) groups excluding carboxylic acids is 4. The first kappa shape index (κ1) is 36.2. The Morgan fingerprint density at radius 3 is 2.45 bits per heavy atom. The Morgan fingerprint density at radius 1 is 1.06 bits per heavy atom. The van der Waals surface area contributed by atoms with Crippen LogP contribution in [0.3, 0.4) is 0 Å². The molecule has 1 fully saturated rings. The number of amides is 2. The first-order valence-electron chi connectivity index (χ1n) is 16.4. The average molecular weight is 666 g/mol. The number of likely N-dealkylation sites (tertiary alicyclic amines) is 1. The molecule has 2 aliphatic heterocycles. The van der Waals surface area contributed by atoms with E-state index in [1.54, 1.807) is 37.4 Å². The number of anilines is 1. The van der Waals surface area contributed by atoms with Gasteiger partial charge in [-0.2, -0.15) is 0 Å². The summed E-state index contributed by atoms with van der Waals surface area (Å²) in [5.74, 6) is 2.01. The van der Waals surface area contributed by atoms with E-state index in [0.29, 0.717) is 63.2 Å². The van der Waals surface area contributed by atoms with Gasteiger partial charge in [-0.3, -0.25) is 19.8 Å². The van der Waals surface area contributed by atoms with Gasteiger partial charge in [0.1, 0.15) is 30.9 Å². The van der Waals surface area contributed by atoms with Gasteiger partial charge in [-0.15, -0.1) is 11.8 Å². The summed E-state index contributed by atoms with van der Waals surface area (Å²) in [5, 5.41) is 3.39. The number of para-hydroxylation sites is 1. The van der Waals surface area contributed by atoms with E-state index in [4.69, 9.17) is 14.2 Å². The normalized spacial score (nSPS) is 17.7. The summed E-state index contributed by atoms with van der Waals surface area (Å²) >= 11 is 1.56. The van der Waals surface area contributed by atoms with Crippen LogP contribution < -0.4 is 10.2 Å². The second-order valence-electron chi connectivity index (χ2n) is 12.8. The Bertz CT molecular complexity index is 1400. The zero-order valence-electron chi connectivity index (χ0n) is 27.9. The van der Waals surface area contributed by atoms with Crippen LogP contribution in [0.15, 0.2) is 65.1 Å². The molecule has 0 spiro atoms. The maximum Gasteiger partial charge on any atom is 0.410 e. The Balaban J connectivity index is 1.29. The van der Waals surface area contributed by atoms with E-state index >= 15 is 0 Å². The van der Waals surface area contributed by atoms with Crippen molar-refractivity contribution >= 4 is 41.4 Å². The lowest BCUT2D eigenvalue weighted by atomic mass is 9.87. The van der Waals surface area contributed by atoms with Crippen molar-refractivity contribution in [2.24, 2.45) is 5.92 Å². The number of nitrogens with one attached hydrogen (secondary N) is 1. The van der Waals surface area contributed by atoms with E-state index in [1.165, 1.54) is 4.90 Å². The Morgan fingerprint density at radius 2 is 1.77 bits per heavy atom. The third-order valence-corrected chi connectivity index (χ3v) is 9.24. The number of thioether (sulfide) groups is 1. The predicted molar refractivity (Wildman–Crippen MR) is 182 cm³/mol. The molecule has 0 radical (unpaired) electrons. The zero-order valence-corrected chi connectivity index (χ0v) is 28.7. The van der Waals surface area contributed by atoms with Crippen molar-refractivity contribution in [1.29, 1.82) is 0 Å². The number of piperidine rings is 1. The maximum atomic E-state index is 13.9. The van der Waals surface area contributed by atoms with Gasteiger partial charge in [-0.05, 0) is 83.4 Å². The molecular formula is C36H47N3O7S. The molecule has 11 heteroatoms. The van der Waals surface area contributed by atoms with Crippen LogP contribution in [0.1, 0.15) is 65.4 Å². The van der Waals surface area contributed by atoms with Crippen LogP contribution in [0.4, 0.5) is 10.5 Å². The summed E-state index contributed by atoms with van der Waals surface area (Å²) in [4.78, 5) is 55.3. The molecule has 0 unspecified atom stereocenters. The van der Waals surface area contributed by atoms with E-state index in [1.807, 2.05) is 61.5 Å². The van der Waals surface area contributed by atoms with Crippen molar-refractivity contribution in [3.05, 3.63) is 65.7 Å². The quantitative estimate of drug-likeness (QED) is 0.162. The highest BCUT2D eigenvalue weighted by atomic mass is 32.2. The molecule has 0 saturated carbocycles. The van der Waals surface area contributed by atoms with Crippen LogP contribution in [-0.4, -0.2) is 78.7 Å². The van der Waals surface area contributed by atoms with Gasteiger partial charge in [0.25, 0.3) is 0 Å². The SMILES string of the molecule is CCO[C@H](CCCC(=C=O)C1CCN(C(=O)OCc2ccccc2)CC1)N[C@H]1CSc2ccccc2N(CC(=O)OC(C)(C)C)C1=O. The number of fused-ring (bicyclic) bond motifs is 1. The second kappa shape index (κ2) is 17.5. The van der Waals surface area contributed by atoms with E-state index in [2.05, 4.69) is 11.3 Å². The maximum absolute atomic E-state index is 13.9. The van der Waals surface area contributed by atoms with E-state index in [0.717, 1.165) is 16.0 Å². The number of allylic oxidation sites excluding steroid dienone is 1. The highest BCUT2D eigenvalue weighted by Gasteiger charge is 2.34. The Labute approximate surface area is 282 Å². The van der Waals surface area contributed by atoms with Crippen LogP contribution in [0.5, 0.6) is 0 Å². The highest BCUT2D eigenvalue weighted by molar-refractivity contribution is 7.99. The molecule has 2 aromatic rings. The smallest absolute Gasteiger partial charge is 0.410 e. The van der Waals surface area contributed by atoms with Crippen molar-refractivity contribution in [3.8, 4) is 0 Å². The molecule has 10 nitrogen and oxygen atoms in total. The molecule has 2 aromatic carbocycles. The first-order valence-corrected chi connectivity index (χ1v) is 17.4. The Hall–Kier alpha value is -3.63. The number of nitrogens with zero attached hydrogens (tertiary/aromatic N) is 2. The van der Waals surface area contributed by atoms with Gasteiger partial charge >= 0.3 is 12.1 Å². The summed E-state index contributed by atoms with van der Waals surface area (Å²) in [6.45, 7) is 8.83. The molecule has 47 heavy (non-hydrogen) atoms. The third-order valence-electron chi connectivity index (χ3n) is 8.08. The fourth-order valence-corrected chi connectivity index (χ4v) is 6.90. The number of esters is 1. The Kier molecular flexibility index (Phi) is 13.5. The number of benzene rings is 2. The molecule has 2 amide bonds. The van der Waals surface area contributed by atoms with Crippen LogP contribution in [0, 0.1) is 5.92 Å². The van der Waals surface area contributed by atoms with Crippen LogP contribution >= 0.6 is 11.8 Å². The molecule has 2 heterocycles. The molecule has 1 saturated heterocycles. The van der Waals surface area contributed by atoms with Gasteiger partial charge in [-0.25, -0.2) is 9.59 Å². The lowest BCUT2D eigenvalue weighted by Gasteiger charge is -2.32. The largest absolute Gasteiger partial charge is 0.459 e. The summed E-state index contributed by atoms with van der Waals surface area (Å²) < 4.78 is 17.0. The molecule has 1 N–H and O–H groups in total. The molecule has 254 valence electrons. The van der Waals surface area contributed by atoms with E-state index < -0.39 is 23.8 Å². The lowest BCUT2D eigenvalue weighted by molar-refractivity contribution is -0.153. The molecule has 0 aromatic heterocycles. The molecule has 2 atom stereocenters. The summed E-state index contributed by atoms with van der Waals surface area (Å²) in [5.41, 5.74) is 1.67. The number of hydrogen-bond acceptors (Lipinski definition) is 9. The third kappa shape index (κ3) is 11.0. The van der Waals surface area contributed by atoms with Crippen molar-refractivity contribution in [3.63, 3.8) is 0 Å². The van der Waals surface area contributed by atoms with Gasteiger partial charge in [0, 0.05) is 35.9 Å². The fourth-order valence-electron chi connectivity index (χ4n) is 5.82. The van der Waals surface area contributed by atoms with Crippen LogP contribution in [0.2, 0.25) is 0 Å². The molecule has 0 aliphatic carbocycles. The number of ether oxygens (including phenoxy) is 3. The van der Waals surface area contributed by atoms with Gasteiger partial charge in [0.15, 0.2) is 0 Å². The molecule has 0 bridgehead atoms. The summed E-state index contributed by atoms with van der Waals surface area (Å²) in [6.07, 6.45) is 2.40. The molecular weight excluding hydrogens is 618 g/mol. The topological polar surface area (TPSA) is 114 Å². The van der Waals surface area contributed by atoms with Gasteiger partial charge < -0.3 is 19.1 Å². The lowest BCUT2D eigenvalue weighted by Crippen LogP contribution is -2.52. The van der Waals surface area contributed by atoms with E-state index in [-0.39, 0.29) is 31.1 Å². The number of carbonyl (C=O) groups is 3.